The first kappa shape index (κ1) is 12.5. The summed E-state index contributed by atoms with van der Waals surface area (Å²) in [7, 11) is 0. The Morgan fingerprint density at radius 3 is 2.71 bits per heavy atom. The van der Waals surface area contributed by atoms with Gasteiger partial charge < -0.3 is 9.94 Å². The van der Waals surface area contributed by atoms with Crippen molar-refractivity contribution in [2.45, 2.75) is 38.8 Å². The van der Waals surface area contributed by atoms with Gasteiger partial charge in [-0.3, -0.25) is 4.90 Å². The van der Waals surface area contributed by atoms with E-state index in [-0.39, 0.29) is 11.2 Å². The van der Waals surface area contributed by atoms with Gasteiger partial charge in [-0.2, -0.15) is 0 Å². The highest BCUT2D eigenvalue weighted by Crippen LogP contribution is 2.50. The van der Waals surface area contributed by atoms with Crippen LogP contribution in [0.3, 0.4) is 0 Å². The zero-order valence-electron chi connectivity index (χ0n) is 10.2. The van der Waals surface area contributed by atoms with Crippen molar-refractivity contribution in [3.8, 4) is 0 Å². The van der Waals surface area contributed by atoms with Gasteiger partial charge >= 0.3 is 6.09 Å². The molecular formula is C11H17ClN2O3. The number of hydrogen-bond acceptors (Lipinski definition) is 4. The van der Waals surface area contributed by atoms with E-state index in [2.05, 4.69) is 5.16 Å². The highest BCUT2D eigenvalue weighted by atomic mass is 35.5. The van der Waals surface area contributed by atoms with Crippen molar-refractivity contribution in [3.63, 3.8) is 0 Å². The molecule has 0 aromatic carbocycles. The molecule has 0 bridgehead atoms. The fraction of sp³-hybridized carbons (Fsp3) is 0.818. The van der Waals surface area contributed by atoms with E-state index < -0.39 is 11.7 Å². The molecule has 1 saturated carbocycles. The highest BCUT2D eigenvalue weighted by Gasteiger charge is 2.56. The van der Waals surface area contributed by atoms with E-state index in [0.29, 0.717) is 18.4 Å². The average Bonchev–Trinajstić information content (AvgIpc) is 2.86. The summed E-state index contributed by atoms with van der Waals surface area (Å²) >= 11 is 5.85. The number of rotatable bonds is 1. The van der Waals surface area contributed by atoms with Crippen molar-refractivity contribution in [2.75, 3.05) is 6.54 Å². The molecule has 1 heterocycles. The molecule has 3 atom stereocenters. The van der Waals surface area contributed by atoms with Crippen LogP contribution in [0.15, 0.2) is 5.16 Å². The molecule has 2 fully saturated rings. The van der Waals surface area contributed by atoms with Gasteiger partial charge in [0, 0.05) is 6.54 Å². The normalized spacial score (nSPS) is 32.4. The van der Waals surface area contributed by atoms with Crippen LogP contribution in [0.4, 0.5) is 4.79 Å². The second-order valence-corrected chi connectivity index (χ2v) is 6.05. The summed E-state index contributed by atoms with van der Waals surface area (Å²) in [6.07, 6.45) is 0.645. The molecule has 1 aliphatic heterocycles. The van der Waals surface area contributed by atoms with Crippen molar-refractivity contribution in [1.82, 2.24) is 4.90 Å². The number of halogens is 1. The van der Waals surface area contributed by atoms with Gasteiger partial charge in [-0.1, -0.05) is 16.8 Å². The Kier molecular flexibility index (Phi) is 2.97. The number of piperidine rings is 1. The van der Waals surface area contributed by atoms with Crippen LogP contribution < -0.4 is 0 Å². The highest BCUT2D eigenvalue weighted by molar-refractivity contribution is 6.66. The Balaban J connectivity index is 2.08. The minimum absolute atomic E-state index is 0.0702. The number of carbonyl (C=O) groups is 1. The van der Waals surface area contributed by atoms with Gasteiger partial charge in [0.1, 0.15) is 5.60 Å². The number of oxime groups is 1. The first-order valence-electron chi connectivity index (χ1n) is 5.70. The predicted octanol–water partition coefficient (Wildman–Crippen LogP) is 2.27. The van der Waals surface area contributed by atoms with Crippen molar-refractivity contribution in [1.29, 1.82) is 0 Å². The van der Waals surface area contributed by atoms with Gasteiger partial charge in [0.05, 0.1) is 6.04 Å². The van der Waals surface area contributed by atoms with Crippen LogP contribution in [0.1, 0.15) is 27.2 Å². The van der Waals surface area contributed by atoms with Crippen LogP contribution in [-0.2, 0) is 4.74 Å². The van der Waals surface area contributed by atoms with Crippen molar-refractivity contribution in [2.24, 2.45) is 17.0 Å². The molecule has 0 aromatic heterocycles. The van der Waals surface area contributed by atoms with E-state index in [0.717, 1.165) is 6.42 Å². The Morgan fingerprint density at radius 1 is 1.53 bits per heavy atom. The molecule has 2 rings (SSSR count). The largest absolute Gasteiger partial charge is 0.444 e. The van der Waals surface area contributed by atoms with Crippen LogP contribution in [0, 0.1) is 11.8 Å². The number of amides is 1. The molecule has 1 amide bonds. The third kappa shape index (κ3) is 2.49. The topological polar surface area (TPSA) is 62.1 Å². The lowest BCUT2D eigenvalue weighted by Crippen LogP contribution is -2.44. The maximum atomic E-state index is 12.0. The predicted molar refractivity (Wildman–Crippen MR) is 63.4 cm³/mol. The number of hydrogen-bond donors (Lipinski definition) is 1. The van der Waals surface area contributed by atoms with Crippen LogP contribution in [0.25, 0.3) is 0 Å². The first-order chi connectivity index (χ1) is 7.83. The zero-order valence-corrected chi connectivity index (χ0v) is 10.9. The number of fused-ring (bicyclic) bond motifs is 1. The van der Waals surface area contributed by atoms with Gasteiger partial charge in [-0.05, 0) is 39.0 Å². The van der Waals surface area contributed by atoms with Crippen molar-refractivity contribution in [3.05, 3.63) is 0 Å². The van der Waals surface area contributed by atoms with Gasteiger partial charge in [0.2, 0.25) is 0 Å². The summed E-state index contributed by atoms with van der Waals surface area (Å²) in [4.78, 5) is 13.5. The number of likely N-dealkylation sites (tertiary alicyclic amines) is 1. The van der Waals surface area contributed by atoms with Crippen LogP contribution in [0.2, 0.25) is 0 Å². The Labute approximate surface area is 105 Å². The smallest absolute Gasteiger partial charge is 0.410 e. The average molecular weight is 261 g/mol. The Hall–Kier alpha value is -0.970. The molecule has 0 aromatic rings. The van der Waals surface area contributed by atoms with E-state index in [1.54, 1.807) is 4.90 Å². The van der Waals surface area contributed by atoms with E-state index >= 15 is 0 Å². The molecule has 1 saturated heterocycles. The van der Waals surface area contributed by atoms with Crippen molar-refractivity contribution >= 4 is 22.9 Å². The minimum Gasteiger partial charge on any atom is -0.444 e. The Bertz CT molecular complexity index is 364. The van der Waals surface area contributed by atoms with Crippen LogP contribution in [0.5, 0.6) is 0 Å². The zero-order chi connectivity index (χ0) is 12.8. The minimum atomic E-state index is -0.531. The Morgan fingerprint density at radius 2 is 2.18 bits per heavy atom. The maximum absolute atomic E-state index is 12.0. The summed E-state index contributed by atoms with van der Waals surface area (Å²) in [6, 6.07) is -0.318. The van der Waals surface area contributed by atoms with E-state index in [1.165, 1.54) is 0 Å². The standard InChI is InChI=1S/C11H17ClN2O3/c1-11(2,3)17-10(15)14-5-6-4-7(6)8(14)9(12)13-16/h6-8,16H,4-5H2,1-3H3/b13-9-/t6-,7-,8-/m1/s1. The van der Waals surface area contributed by atoms with Gasteiger partial charge in [0.25, 0.3) is 0 Å². The summed E-state index contributed by atoms with van der Waals surface area (Å²) in [5, 5.41) is 11.8. The maximum Gasteiger partial charge on any atom is 0.410 e. The molecule has 17 heavy (non-hydrogen) atoms. The van der Waals surface area contributed by atoms with Gasteiger partial charge in [-0.25, -0.2) is 4.79 Å². The van der Waals surface area contributed by atoms with Gasteiger partial charge in [-0.15, -0.1) is 0 Å². The number of nitrogens with zero attached hydrogens (tertiary/aromatic N) is 2. The third-order valence-electron chi connectivity index (χ3n) is 3.12. The van der Waals surface area contributed by atoms with E-state index in [9.17, 15) is 4.79 Å². The van der Waals surface area contributed by atoms with E-state index in [1.807, 2.05) is 20.8 Å². The summed E-state index contributed by atoms with van der Waals surface area (Å²) in [5.74, 6) is 0.800. The van der Waals surface area contributed by atoms with Crippen LogP contribution in [-0.4, -0.2) is 39.6 Å². The third-order valence-corrected chi connectivity index (χ3v) is 3.42. The van der Waals surface area contributed by atoms with Crippen molar-refractivity contribution < 1.29 is 14.7 Å². The molecule has 0 spiro atoms. The molecule has 2 aliphatic rings. The molecule has 1 N–H and O–H groups in total. The SMILES string of the molecule is CC(C)(C)OC(=O)N1C[C@H]2C[C@H]2[C@@H]1/C(Cl)=N/O. The second-order valence-electron chi connectivity index (χ2n) is 5.66. The summed E-state index contributed by atoms with van der Waals surface area (Å²) in [5.41, 5.74) is -0.531. The fourth-order valence-electron chi connectivity index (χ4n) is 2.34. The molecule has 6 heteroatoms. The molecule has 5 nitrogen and oxygen atoms in total. The molecular weight excluding hydrogens is 244 g/mol. The fourth-order valence-corrected chi connectivity index (χ4v) is 2.62. The lowest BCUT2D eigenvalue weighted by Gasteiger charge is -2.29. The lowest BCUT2D eigenvalue weighted by atomic mass is 10.2. The van der Waals surface area contributed by atoms with E-state index in [4.69, 9.17) is 21.5 Å². The number of ether oxygens (including phenoxy) is 1. The lowest BCUT2D eigenvalue weighted by molar-refractivity contribution is 0.0240. The quantitative estimate of drug-likeness (QED) is 0.447. The molecule has 0 unspecified atom stereocenters. The molecule has 1 aliphatic carbocycles. The molecule has 0 radical (unpaired) electrons. The van der Waals surface area contributed by atoms with Crippen LogP contribution >= 0.6 is 11.6 Å². The second kappa shape index (κ2) is 4.05. The first-order valence-corrected chi connectivity index (χ1v) is 6.08. The molecule has 96 valence electrons. The summed E-state index contributed by atoms with van der Waals surface area (Å²) < 4.78 is 5.31. The summed E-state index contributed by atoms with van der Waals surface area (Å²) in [6.45, 7) is 6.09. The number of carbonyl (C=O) groups excluding carboxylic acids is 1. The monoisotopic (exact) mass is 260 g/mol. The van der Waals surface area contributed by atoms with Gasteiger partial charge in [0.15, 0.2) is 5.17 Å².